The summed E-state index contributed by atoms with van der Waals surface area (Å²) >= 11 is 0. The molecule has 3 heterocycles. The van der Waals surface area contributed by atoms with Crippen molar-refractivity contribution in [3.05, 3.63) is 12.2 Å². The van der Waals surface area contributed by atoms with Gasteiger partial charge in [0, 0.05) is 7.11 Å². The third-order valence-electron chi connectivity index (χ3n) is 4.95. The van der Waals surface area contributed by atoms with E-state index in [2.05, 4.69) is 5.32 Å². The van der Waals surface area contributed by atoms with Gasteiger partial charge in [0.25, 0.3) is 0 Å². The number of hydrogen-bond acceptors (Lipinski definition) is 8. The van der Waals surface area contributed by atoms with Crippen LogP contribution in [0, 0.1) is 5.92 Å². The molecular formula is C20H31NO8. The van der Waals surface area contributed by atoms with Crippen molar-refractivity contribution in [3.63, 3.8) is 0 Å². The van der Waals surface area contributed by atoms with E-state index in [0.717, 1.165) is 0 Å². The number of esters is 1. The van der Waals surface area contributed by atoms with Gasteiger partial charge in [-0.25, -0.2) is 4.79 Å². The fourth-order valence-corrected chi connectivity index (χ4v) is 3.85. The number of hydrogen-bond donors (Lipinski definition) is 1. The Morgan fingerprint density at radius 2 is 2.00 bits per heavy atom. The number of rotatable bonds is 4. The summed E-state index contributed by atoms with van der Waals surface area (Å²) in [4.78, 5) is 25.2. The van der Waals surface area contributed by atoms with E-state index in [4.69, 9.17) is 28.4 Å². The van der Waals surface area contributed by atoms with Crippen LogP contribution in [0.5, 0.6) is 0 Å². The zero-order chi connectivity index (χ0) is 21.4. The molecule has 2 saturated heterocycles. The molecule has 0 aromatic rings. The average molecular weight is 413 g/mol. The van der Waals surface area contributed by atoms with Crippen molar-refractivity contribution < 1.29 is 38.0 Å². The summed E-state index contributed by atoms with van der Waals surface area (Å²) in [5.41, 5.74) is -0.692. The molecule has 6 atom stereocenters. The van der Waals surface area contributed by atoms with Crippen LogP contribution in [0.1, 0.15) is 41.0 Å². The Bertz CT molecular complexity index is 655. The Labute approximate surface area is 171 Å². The summed E-state index contributed by atoms with van der Waals surface area (Å²) in [5, 5.41) is 2.81. The van der Waals surface area contributed by atoms with Crippen LogP contribution in [0.4, 0.5) is 4.79 Å². The number of methoxy groups -OCH3 is 1. The maximum Gasteiger partial charge on any atom is 0.407 e. The first-order chi connectivity index (χ1) is 13.5. The van der Waals surface area contributed by atoms with Crippen LogP contribution in [0.15, 0.2) is 12.2 Å². The summed E-state index contributed by atoms with van der Waals surface area (Å²) in [6.45, 7) is 9.08. The first-order valence-electron chi connectivity index (χ1n) is 9.86. The van der Waals surface area contributed by atoms with Crippen molar-refractivity contribution in [2.75, 3.05) is 13.7 Å². The van der Waals surface area contributed by atoms with Gasteiger partial charge in [-0.2, -0.15) is 0 Å². The van der Waals surface area contributed by atoms with E-state index in [1.165, 1.54) is 7.11 Å². The summed E-state index contributed by atoms with van der Waals surface area (Å²) in [5.74, 6) is -1.90. The fourth-order valence-electron chi connectivity index (χ4n) is 3.85. The van der Waals surface area contributed by atoms with Crippen LogP contribution in [-0.2, 0) is 33.2 Å². The van der Waals surface area contributed by atoms with Crippen molar-refractivity contribution in [2.45, 2.75) is 83.1 Å². The zero-order valence-electron chi connectivity index (χ0n) is 17.8. The number of nitrogens with one attached hydrogen (secondary N) is 1. The average Bonchev–Trinajstić information content (AvgIpc) is 2.95. The van der Waals surface area contributed by atoms with Crippen molar-refractivity contribution >= 4 is 12.1 Å². The molecule has 9 heteroatoms. The molecule has 0 saturated carbocycles. The first-order valence-corrected chi connectivity index (χ1v) is 9.86. The van der Waals surface area contributed by atoms with E-state index in [0.29, 0.717) is 6.42 Å². The molecule has 3 aliphatic rings. The van der Waals surface area contributed by atoms with Crippen LogP contribution in [0.3, 0.4) is 0 Å². The normalized spacial score (nSPS) is 34.8. The van der Waals surface area contributed by atoms with Crippen molar-refractivity contribution in [1.29, 1.82) is 0 Å². The van der Waals surface area contributed by atoms with Crippen molar-refractivity contribution in [2.24, 2.45) is 5.92 Å². The van der Waals surface area contributed by atoms with Gasteiger partial charge in [-0.3, -0.25) is 4.79 Å². The monoisotopic (exact) mass is 413 g/mol. The van der Waals surface area contributed by atoms with Gasteiger partial charge in [-0.1, -0.05) is 12.2 Å². The minimum Gasteiger partial charge on any atom is -0.461 e. The summed E-state index contributed by atoms with van der Waals surface area (Å²) in [6.07, 6.45) is 0.964. The number of carbonyl (C=O) groups excluding carboxylic acids is 2. The van der Waals surface area contributed by atoms with E-state index in [9.17, 15) is 9.59 Å². The number of allylic oxidation sites excluding steroid dienone is 1. The Kier molecular flexibility index (Phi) is 6.24. The summed E-state index contributed by atoms with van der Waals surface area (Å²) < 4.78 is 34.2. The lowest BCUT2D eigenvalue weighted by molar-refractivity contribution is -0.221. The van der Waals surface area contributed by atoms with Gasteiger partial charge in [-0.05, 0) is 41.0 Å². The third-order valence-corrected chi connectivity index (χ3v) is 4.95. The number of ether oxygens (including phenoxy) is 6. The number of alkyl carbamates (subject to hydrolysis) is 1. The molecule has 0 aromatic heterocycles. The molecule has 1 amide bonds. The molecule has 164 valence electrons. The van der Waals surface area contributed by atoms with Gasteiger partial charge in [0.1, 0.15) is 30.5 Å². The lowest BCUT2D eigenvalue weighted by Gasteiger charge is -2.34. The second kappa shape index (κ2) is 8.22. The minimum atomic E-state index is -0.810. The number of carbonyl (C=O) groups is 2. The molecule has 29 heavy (non-hydrogen) atoms. The summed E-state index contributed by atoms with van der Waals surface area (Å²) in [6, 6.07) is -0.758. The quantitative estimate of drug-likeness (QED) is 0.551. The van der Waals surface area contributed by atoms with Crippen LogP contribution in [0.25, 0.3) is 0 Å². The van der Waals surface area contributed by atoms with E-state index in [1.54, 1.807) is 40.7 Å². The third kappa shape index (κ3) is 5.09. The highest BCUT2D eigenvalue weighted by Crippen LogP contribution is 2.41. The number of amides is 1. The van der Waals surface area contributed by atoms with Crippen LogP contribution in [0.2, 0.25) is 0 Å². The summed E-state index contributed by atoms with van der Waals surface area (Å²) in [7, 11) is 1.54. The first kappa shape index (κ1) is 22.0. The predicted molar refractivity (Wildman–Crippen MR) is 101 cm³/mol. The fraction of sp³-hybridized carbons (Fsp3) is 0.800. The van der Waals surface area contributed by atoms with Crippen molar-refractivity contribution in [1.82, 2.24) is 5.32 Å². The van der Waals surface area contributed by atoms with Crippen LogP contribution < -0.4 is 5.32 Å². The molecule has 0 aliphatic carbocycles. The van der Waals surface area contributed by atoms with Gasteiger partial charge in [0.15, 0.2) is 12.1 Å². The van der Waals surface area contributed by atoms with Crippen molar-refractivity contribution in [3.8, 4) is 0 Å². The SMILES string of the molecule is CO[C@H]1[C@@H]([C@@H](NC(=O)OC(C)(C)C)[C@@H]2CC=CCOC2=O)O[C@@H]2OC(C)(C)O[C@@H]21. The highest BCUT2D eigenvalue weighted by atomic mass is 16.8. The standard InChI is InChI=1S/C20H31NO8/c1-19(2,3)29-18(23)21-12(11-9-7-8-10-25-16(11)22)13-14(24-6)15-17(26-13)28-20(4,5)27-15/h7-8,11-15,17H,9-10H2,1-6H3,(H,21,23)/t11-,12-,13+,14-,15+,17+/m0/s1. The van der Waals surface area contributed by atoms with Crippen LogP contribution in [-0.4, -0.2) is 67.8 Å². The number of cyclic esters (lactones) is 1. The Hall–Kier alpha value is -1.68. The van der Waals surface area contributed by atoms with Gasteiger partial charge in [-0.15, -0.1) is 0 Å². The highest BCUT2D eigenvalue weighted by molar-refractivity contribution is 5.76. The molecule has 1 N–H and O–H groups in total. The molecule has 3 aliphatic heterocycles. The van der Waals surface area contributed by atoms with E-state index in [1.807, 2.05) is 6.08 Å². The molecule has 9 nitrogen and oxygen atoms in total. The van der Waals surface area contributed by atoms with E-state index < -0.39 is 60.0 Å². The zero-order valence-corrected chi connectivity index (χ0v) is 17.8. The lowest BCUT2D eigenvalue weighted by Crippen LogP contribution is -2.56. The number of fused-ring (bicyclic) bond motifs is 1. The Morgan fingerprint density at radius 1 is 1.28 bits per heavy atom. The molecule has 3 rings (SSSR count). The molecule has 0 unspecified atom stereocenters. The predicted octanol–water partition coefficient (Wildman–Crippen LogP) is 1.89. The molecule has 0 spiro atoms. The van der Waals surface area contributed by atoms with Crippen LogP contribution >= 0.6 is 0 Å². The Morgan fingerprint density at radius 3 is 2.66 bits per heavy atom. The second-order valence-electron chi connectivity index (χ2n) is 8.89. The minimum absolute atomic E-state index is 0.194. The maximum atomic E-state index is 12.6. The van der Waals surface area contributed by atoms with Gasteiger partial charge >= 0.3 is 12.1 Å². The molecule has 2 fully saturated rings. The van der Waals surface area contributed by atoms with E-state index >= 15 is 0 Å². The van der Waals surface area contributed by atoms with Gasteiger partial charge < -0.3 is 33.7 Å². The smallest absolute Gasteiger partial charge is 0.407 e. The molecular weight excluding hydrogens is 382 g/mol. The maximum absolute atomic E-state index is 12.6. The largest absolute Gasteiger partial charge is 0.461 e. The molecule has 0 bridgehead atoms. The molecule has 0 radical (unpaired) electrons. The highest BCUT2D eigenvalue weighted by Gasteiger charge is 2.58. The topological polar surface area (TPSA) is 102 Å². The van der Waals surface area contributed by atoms with E-state index in [-0.39, 0.29) is 6.61 Å². The van der Waals surface area contributed by atoms with Gasteiger partial charge in [0.2, 0.25) is 0 Å². The lowest BCUT2D eigenvalue weighted by atomic mass is 9.89. The second-order valence-corrected chi connectivity index (χ2v) is 8.89. The Balaban J connectivity index is 1.85. The van der Waals surface area contributed by atoms with Gasteiger partial charge in [0.05, 0.1) is 12.0 Å². The molecule has 0 aromatic carbocycles.